The monoisotopic (exact) mass is 202 g/mol. The number of carbonyl (C=O) groups is 2. The van der Waals surface area contributed by atoms with Crippen molar-refractivity contribution in [1.29, 1.82) is 0 Å². The van der Waals surface area contributed by atoms with E-state index in [1.54, 1.807) is 30.3 Å². The third-order valence-corrected chi connectivity index (χ3v) is 1.69. The lowest BCUT2D eigenvalue weighted by atomic mass is 10.2. The van der Waals surface area contributed by atoms with Crippen molar-refractivity contribution in [3.8, 4) is 12.3 Å². The summed E-state index contributed by atoms with van der Waals surface area (Å²) in [6.07, 6.45) is 5.32. The van der Waals surface area contributed by atoms with E-state index < -0.39 is 11.9 Å². The van der Waals surface area contributed by atoms with Crippen LogP contribution < -0.4 is 0 Å². The molecule has 1 aromatic rings. The molecule has 15 heavy (non-hydrogen) atoms. The van der Waals surface area contributed by atoms with Crippen LogP contribution in [0.15, 0.2) is 30.3 Å². The van der Waals surface area contributed by atoms with Gasteiger partial charge in [-0.2, -0.15) is 0 Å². The van der Waals surface area contributed by atoms with Crippen LogP contribution in [0, 0.1) is 12.3 Å². The second kappa shape index (κ2) is 5.61. The minimum absolute atomic E-state index is 0.0646. The quantitative estimate of drug-likeness (QED) is 0.426. The van der Waals surface area contributed by atoms with Gasteiger partial charge >= 0.3 is 11.9 Å². The van der Waals surface area contributed by atoms with Gasteiger partial charge in [0.25, 0.3) is 0 Å². The molecule has 0 aliphatic rings. The molecule has 0 amide bonds. The smallest absolute Gasteiger partial charge is 0.345 e. The van der Waals surface area contributed by atoms with Crippen molar-refractivity contribution >= 4 is 11.9 Å². The van der Waals surface area contributed by atoms with E-state index in [0.717, 1.165) is 0 Å². The van der Waals surface area contributed by atoms with Crippen molar-refractivity contribution in [2.24, 2.45) is 0 Å². The van der Waals surface area contributed by atoms with Gasteiger partial charge in [0.2, 0.25) is 0 Å². The first-order valence-electron chi connectivity index (χ1n) is 4.47. The van der Waals surface area contributed by atoms with Gasteiger partial charge < -0.3 is 4.74 Å². The molecule has 0 aliphatic heterocycles. The molecule has 76 valence electrons. The average Bonchev–Trinajstić information content (AvgIpc) is 2.27. The van der Waals surface area contributed by atoms with Gasteiger partial charge in [0.15, 0.2) is 0 Å². The summed E-state index contributed by atoms with van der Waals surface area (Å²) >= 11 is 0. The summed E-state index contributed by atoms with van der Waals surface area (Å²) in [5.74, 6) is 1.06. The first-order valence-corrected chi connectivity index (χ1v) is 4.47. The Hall–Kier alpha value is -2.08. The van der Waals surface area contributed by atoms with E-state index in [1.165, 1.54) is 0 Å². The summed E-state index contributed by atoms with van der Waals surface area (Å²) in [4.78, 5) is 22.4. The fraction of sp³-hybridized carbons (Fsp3) is 0.167. The van der Waals surface area contributed by atoms with Gasteiger partial charge in [-0.1, -0.05) is 18.2 Å². The fourth-order valence-electron chi connectivity index (χ4n) is 0.962. The molecule has 0 fully saturated rings. The lowest BCUT2D eigenvalue weighted by molar-refractivity contribution is -0.137. The van der Waals surface area contributed by atoms with E-state index in [4.69, 9.17) is 6.42 Å². The first kappa shape index (κ1) is 11.0. The Morgan fingerprint density at radius 1 is 1.27 bits per heavy atom. The Labute approximate surface area is 88.1 Å². The van der Waals surface area contributed by atoms with Gasteiger partial charge in [-0.25, -0.2) is 4.79 Å². The van der Waals surface area contributed by atoms with E-state index in [9.17, 15) is 9.59 Å². The topological polar surface area (TPSA) is 43.4 Å². The molecule has 0 heterocycles. The molecule has 0 N–H and O–H groups in total. The number of ether oxygens (including phenoxy) is 1. The number of rotatable bonds is 3. The zero-order valence-electron chi connectivity index (χ0n) is 8.10. The second-order valence-corrected chi connectivity index (χ2v) is 2.83. The van der Waals surface area contributed by atoms with E-state index in [1.807, 2.05) is 0 Å². The highest BCUT2D eigenvalue weighted by molar-refractivity contribution is 5.96. The third-order valence-electron chi connectivity index (χ3n) is 1.69. The minimum Gasteiger partial charge on any atom is -0.389 e. The standard InChI is InChI=1S/C12H10O3/c1-2-3-9-11(13)15-12(14)10-7-5-4-6-8-10/h1,4-8H,3,9H2. The van der Waals surface area contributed by atoms with Crippen molar-refractivity contribution in [3.63, 3.8) is 0 Å². The van der Waals surface area contributed by atoms with Crippen LogP contribution >= 0.6 is 0 Å². The molecule has 0 aliphatic carbocycles. The zero-order valence-corrected chi connectivity index (χ0v) is 8.10. The van der Waals surface area contributed by atoms with Crippen molar-refractivity contribution in [2.75, 3.05) is 0 Å². The van der Waals surface area contributed by atoms with Crippen LogP contribution in [0.2, 0.25) is 0 Å². The van der Waals surface area contributed by atoms with E-state index in [-0.39, 0.29) is 12.8 Å². The molecule has 0 aromatic heterocycles. The summed E-state index contributed by atoms with van der Waals surface area (Å²) in [5, 5.41) is 0. The van der Waals surface area contributed by atoms with Crippen LogP contribution in [-0.2, 0) is 9.53 Å². The predicted octanol–water partition coefficient (Wildman–Crippen LogP) is 1.78. The van der Waals surface area contributed by atoms with Crippen LogP contribution in [0.3, 0.4) is 0 Å². The summed E-state index contributed by atoms with van der Waals surface area (Å²) < 4.78 is 4.57. The van der Waals surface area contributed by atoms with Crippen molar-refractivity contribution in [1.82, 2.24) is 0 Å². The van der Waals surface area contributed by atoms with E-state index in [2.05, 4.69) is 10.7 Å². The van der Waals surface area contributed by atoms with Crippen LogP contribution in [-0.4, -0.2) is 11.9 Å². The van der Waals surface area contributed by atoms with Gasteiger partial charge in [-0.15, -0.1) is 12.3 Å². The maximum Gasteiger partial charge on any atom is 0.345 e. The van der Waals surface area contributed by atoms with Crippen LogP contribution in [0.1, 0.15) is 23.2 Å². The van der Waals surface area contributed by atoms with Crippen LogP contribution in [0.25, 0.3) is 0 Å². The maximum atomic E-state index is 11.3. The highest BCUT2D eigenvalue weighted by Gasteiger charge is 2.11. The Morgan fingerprint density at radius 3 is 2.53 bits per heavy atom. The molecule has 3 nitrogen and oxygen atoms in total. The van der Waals surface area contributed by atoms with Gasteiger partial charge in [0.1, 0.15) is 0 Å². The van der Waals surface area contributed by atoms with Crippen molar-refractivity contribution in [2.45, 2.75) is 12.8 Å². The second-order valence-electron chi connectivity index (χ2n) is 2.83. The predicted molar refractivity (Wildman–Crippen MR) is 54.9 cm³/mol. The molecular weight excluding hydrogens is 192 g/mol. The van der Waals surface area contributed by atoms with E-state index >= 15 is 0 Å². The van der Waals surface area contributed by atoms with Crippen LogP contribution in [0.5, 0.6) is 0 Å². The lowest BCUT2D eigenvalue weighted by Crippen LogP contribution is -2.11. The normalized spacial score (nSPS) is 9.00. The molecule has 0 radical (unpaired) electrons. The molecular formula is C12H10O3. The SMILES string of the molecule is C#CCCC(=O)OC(=O)c1ccccc1. The first-order chi connectivity index (χ1) is 7.24. The van der Waals surface area contributed by atoms with Gasteiger partial charge in [0, 0.05) is 6.42 Å². The van der Waals surface area contributed by atoms with E-state index in [0.29, 0.717) is 5.56 Å². The molecule has 0 saturated heterocycles. The highest BCUT2D eigenvalue weighted by Crippen LogP contribution is 2.02. The van der Waals surface area contributed by atoms with Crippen molar-refractivity contribution < 1.29 is 14.3 Å². The number of hydrogen-bond donors (Lipinski definition) is 0. The molecule has 0 bridgehead atoms. The molecule has 1 rings (SSSR count). The average molecular weight is 202 g/mol. The largest absolute Gasteiger partial charge is 0.389 e. The van der Waals surface area contributed by atoms with Gasteiger partial charge in [-0.3, -0.25) is 4.79 Å². The molecule has 0 unspecified atom stereocenters. The third kappa shape index (κ3) is 3.65. The number of carbonyl (C=O) groups excluding carboxylic acids is 2. The number of terminal acetylenes is 1. The zero-order chi connectivity index (χ0) is 11.1. The summed E-state index contributed by atoms with van der Waals surface area (Å²) in [7, 11) is 0. The Balaban J connectivity index is 2.50. The Bertz CT molecular complexity index is 387. The summed E-state index contributed by atoms with van der Waals surface area (Å²) in [6.45, 7) is 0. The molecule has 3 heteroatoms. The Morgan fingerprint density at radius 2 is 1.93 bits per heavy atom. The highest BCUT2D eigenvalue weighted by atomic mass is 16.6. The molecule has 0 atom stereocenters. The van der Waals surface area contributed by atoms with Crippen molar-refractivity contribution in [3.05, 3.63) is 35.9 Å². The van der Waals surface area contributed by atoms with Gasteiger partial charge in [0.05, 0.1) is 12.0 Å². The summed E-state index contributed by atoms with van der Waals surface area (Å²) in [5.41, 5.74) is 0.353. The Kier molecular flexibility index (Phi) is 4.11. The summed E-state index contributed by atoms with van der Waals surface area (Å²) in [6, 6.07) is 8.33. The molecule has 0 spiro atoms. The number of benzene rings is 1. The number of hydrogen-bond acceptors (Lipinski definition) is 3. The van der Waals surface area contributed by atoms with Crippen LogP contribution in [0.4, 0.5) is 0 Å². The maximum absolute atomic E-state index is 11.3. The minimum atomic E-state index is -0.641. The molecule has 1 aromatic carbocycles. The number of esters is 2. The fourth-order valence-corrected chi connectivity index (χ4v) is 0.962. The van der Waals surface area contributed by atoms with Gasteiger partial charge in [-0.05, 0) is 12.1 Å². The molecule has 0 saturated carbocycles. The lowest BCUT2D eigenvalue weighted by Gasteiger charge is -2.00.